The van der Waals surface area contributed by atoms with E-state index in [4.69, 9.17) is 0 Å². The quantitative estimate of drug-likeness (QED) is 0.776. The van der Waals surface area contributed by atoms with Gasteiger partial charge in [-0.15, -0.1) is 0 Å². The molecule has 3 heteroatoms. The summed E-state index contributed by atoms with van der Waals surface area (Å²) in [7, 11) is 0. The van der Waals surface area contributed by atoms with E-state index in [0.29, 0.717) is 6.04 Å². The van der Waals surface area contributed by atoms with Crippen molar-refractivity contribution in [3.63, 3.8) is 0 Å². The van der Waals surface area contributed by atoms with Crippen molar-refractivity contribution < 1.29 is 0 Å². The predicted octanol–water partition coefficient (Wildman–Crippen LogP) is 3.52. The normalized spacial score (nSPS) is 16.4. The highest BCUT2D eigenvalue weighted by Gasteiger charge is 2.29. The Morgan fingerprint density at radius 2 is 2.21 bits per heavy atom. The molecule has 0 aliphatic heterocycles. The van der Waals surface area contributed by atoms with Crippen LogP contribution in [0.5, 0.6) is 0 Å². The highest BCUT2D eigenvalue weighted by Crippen LogP contribution is 2.31. The number of anilines is 1. The molecule has 1 aliphatic rings. The SMILES string of the molecule is CCCCN(c1cc(C(C)NCC)ccn1)C1CC1. The minimum absolute atomic E-state index is 0.402. The number of aromatic nitrogens is 1. The van der Waals surface area contributed by atoms with Gasteiger partial charge in [0.05, 0.1) is 0 Å². The molecular weight excluding hydrogens is 234 g/mol. The van der Waals surface area contributed by atoms with E-state index in [-0.39, 0.29) is 0 Å². The van der Waals surface area contributed by atoms with Gasteiger partial charge in [-0.05, 0) is 50.4 Å². The summed E-state index contributed by atoms with van der Waals surface area (Å²) in [5.41, 5.74) is 1.34. The van der Waals surface area contributed by atoms with E-state index in [1.54, 1.807) is 0 Å². The largest absolute Gasteiger partial charge is 0.354 e. The van der Waals surface area contributed by atoms with Crippen molar-refractivity contribution in [1.82, 2.24) is 10.3 Å². The number of rotatable bonds is 8. The Morgan fingerprint density at radius 3 is 2.84 bits per heavy atom. The lowest BCUT2D eigenvalue weighted by atomic mass is 10.1. The fourth-order valence-corrected chi connectivity index (χ4v) is 2.48. The first-order valence-corrected chi connectivity index (χ1v) is 7.72. The molecule has 1 N–H and O–H groups in total. The number of nitrogens with zero attached hydrogens (tertiary/aromatic N) is 2. The fourth-order valence-electron chi connectivity index (χ4n) is 2.48. The molecule has 3 nitrogen and oxygen atoms in total. The van der Waals surface area contributed by atoms with Crippen LogP contribution in [0.25, 0.3) is 0 Å². The highest BCUT2D eigenvalue weighted by molar-refractivity contribution is 5.44. The fraction of sp³-hybridized carbons (Fsp3) is 0.688. The molecule has 1 fully saturated rings. The average molecular weight is 261 g/mol. The number of pyridine rings is 1. The Balaban J connectivity index is 2.10. The van der Waals surface area contributed by atoms with Gasteiger partial charge in [0.2, 0.25) is 0 Å². The molecular formula is C16H27N3. The molecule has 1 saturated carbocycles. The van der Waals surface area contributed by atoms with Crippen molar-refractivity contribution in [2.24, 2.45) is 0 Å². The Bertz CT molecular complexity index is 387. The lowest BCUT2D eigenvalue weighted by Crippen LogP contribution is -2.28. The van der Waals surface area contributed by atoms with Crippen LogP contribution >= 0.6 is 0 Å². The van der Waals surface area contributed by atoms with Gasteiger partial charge in [-0.2, -0.15) is 0 Å². The second kappa shape index (κ2) is 6.90. The molecule has 1 unspecified atom stereocenters. The van der Waals surface area contributed by atoms with Gasteiger partial charge in [0, 0.05) is 24.8 Å². The minimum atomic E-state index is 0.402. The topological polar surface area (TPSA) is 28.2 Å². The summed E-state index contributed by atoms with van der Waals surface area (Å²) in [6, 6.07) is 5.53. The molecule has 0 saturated heterocycles. The highest BCUT2D eigenvalue weighted by atomic mass is 15.2. The molecule has 19 heavy (non-hydrogen) atoms. The summed E-state index contributed by atoms with van der Waals surface area (Å²) in [5.74, 6) is 1.17. The van der Waals surface area contributed by atoms with E-state index in [1.807, 2.05) is 6.20 Å². The van der Waals surface area contributed by atoms with Crippen LogP contribution in [-0.2, 0) is 0 Å². The Labute approximate surface area is 117 Å². The number of unbranched alkanes of at least 4 members (excludes halogenated alkanes) is 1. The van der Waals surface area contributed by atoms with Crippen molar-refractivity contribution in [2.45, 2.75) is 58.5 Å². The average Bonchev–Trinajstić information content (AvgIpc) is 3.24. The zero-order valence-corrected chi connectivity index (χ0v) is 12.5. The van der Waals surface area contributed by atoms with Crippen LogP contribution in [0.4, 0.5) is 5.82 Å². The van der Waals surface area contributed by atoms with E-state index >= 15 is 0 Å². The number of nitrogens with one attached hydrogen (secondary N) is 1. The molecule has 0 spiro atoms. The monoisotopic (exact) mass is 261 g/mol. The van der Waals surface area contributed by atoms with E-state index in [9.17, 15) is 0 Å². The van der Waals surface area contributed by atoms with Gasteiger partial charge >= 0.3 is 0 Å². The molecule has 1 heterocycles. The van der Waals surface area contributed by atoms with Crippen LogP contribution in [-0.4, -0.2) is 24.1 Å². The third kappa shape index (κ3) is 3.93. The van der Waals surface area contributed by atoms with Gasteiger partial charge in [0.15, 0.2) is 0 Å². The first kappa shape index (κ1) is 14.3. The standard InChI is InChI=1S/C16H27N3/c1-4-6-11-19(15-7-8-15)16-12-14(9-10-18-16)13(3)17-5-2/h9-10,12-13,15,17H,4-8,11H2,1-3H3. The Morgan fingerprint density at radius 1 is 1.42 bits per heavy atom. The molecule has 1 aliphatic carbocycles. The van der Waals surface area contributed by atoms with Gasteiger partial charge in [0.1, 0.15) is 5.82 Å². The van der Waals surface area contributed by atoms with Crippen LogP contribution in [0.1, 0.15) is 58.1 Å². The van der Waals surface area contributed by atoms with Gasteiger partial charge in [-0.25, -0.2) is 4.98 Å². The van der Waals surface area contributed by atoms with Crippen molar-refractivity contribution in [2.75, 3.05) is 18.0 Å². The van der Waals surface area contributed by atoms with E-state index < -0.39 is 0 Å². The second-order valence-corrected chi connectivity index (χ2v) is 5.50. The summed E-state index contributed by atoms with van der Waals surface area (Å²) in [6.07, 6.45) is 7.12. The molecule has 0 radical (unpaired) electrons. The maximum Gasteiger partial charge on any atom is 0.129 e. The van der Waals surface area contributed by atoms with Crippen molar-refractivity contribution in [3.05, 3.63) is 23.9 Å². The summed E-state index contributed by atoms with van der Waals surface area (Å²) in [4.78, 5) is 7.10. The van der Waals surface area contributed by atoms with Gasteiger partial charge in [-0.3, -0.25) is 0 Å². The molecule has 0 amide bonds. The molecule has 2 rings (SSSR count). The van der Waals surface area contributed by atoms with Gasteiger partial charge in [-0.1, -0.05) is 20.3 Å². The smallest absolute Gasteiger partial charge is 0.129 e. The van der Waals surface area contributed by atoms with Crippen LogP contribution in [0.3, 0.4) is 0 Å². The molecule has 1 aromatic rings. The summed E-state index contributed by atoms with van der Waals surface area (Å²) in [6.45, 7) is 8.77. The van der Waals surface area contributed by atoms with E-state index in [2.05, 4.69) is 48.1 Å². The predicted molar refractivity (Wildman–Crippen MR) is 81.6 cm³/mol. The maximum absolute atomic E-state index is 4.59. The van der Waals surface area contributed by atoms with Gasteiger partial charge < -0.3 is 10.2 Å². The third-order valence-electron chi connectivity index (χ3n) is 3.81. The van der Waals surface area contributed by atoms with Crippen LogP contribution in [0, 0.1) is 0 Å². The van der Waals surface area contributed by atoms with Crippen LogP contribution in [0.15, 0.2) is 18.3 Å². The lowest BCUT2D eigenvalue weighted by Gasteiger charge is -2.24. The third-order valence-corrected chi connectivity index (χ3v) is 3.81. The number of hydrogen-bond acceptors (Lipinski definition) is 3. The zero-order chi connectivity index (χ0) is 13.7. The van der Waals surface area contributed by atoms with Crippen molar-refractivity contribution in [3.8, 4) is 0 Å². The molecule has 0 bridgehead atoms. The molecule has 0 aromatic carbocycles. The first-order chi connectivity index (χ1) is 9.26. The maximum atomic E-state index is 4.59. The Hall–Kier alpha value is -1.09. The molecule has 1 atom stereocenters. The Kier molecular flexibility index (Phi) is 5.20. The summed E-state index contributed by atoms with van der Waals surface area (Å²) >= 11 is 0. The lowest BCUT2D eigenvalue weighted by molar-refractivity contribution is 0.596. The zero-order valence-electron chi connectivity index (χ0n) is 12.5. The summed E-state index contributed by atoms with van der Waals surface area (Å²) in [5, 5.41) is 3.47. The van der Waals surface area contributed by atoms with Crippen LogP contribution in [0.2, 0.25) is 0 Å². The van der Waals surface area contributed by atoms with E-state index in [0.717, 1.165) is 19.1 Å². The van der Waals surface area contributed by atoms with Gasteiger partial charge in [0.25, 0.3) is 0 Å². The second-order valence-electron chi connectivity index (χ2n) is 5.50. The van der Waals surface area contributed by atoms with Crippen LogP contribution < -0.4 is 10.2 Å². The summed E-state index contributed by atoms with van der Waals surface area (Å²) < 4.78 is 0. The first-order valence-electron chi connectivity index (χ1n) is 7.72. The minimum Gasteiger partial charge on any atom is -0.354 e. The molecule has 106 valence electrons. The van der Waals surface area contributed by atoms with E-state index in [1.165, 1.54) is 37.1 Å². The number of hydrogen-bond donors (Lipinski definition) is 1. The van der Waals surface area contributed by atoms with Crippen molar-refractivity contribution in [1.29, 1.82) is 0 Å². The molecule has 1 aromatic heterocycles. The van der Waals surface area contributed by atoms with Crippen molar-refractivity contribution >= 4 is 5.82 Å².